The van der Waals surface area contributed by atoms with Gasteiger partial charge in [-0.2, -0.15) is 0 Å². The van der Waals surface area contributed by atoms with E-state index in [1.807, 2.05) is 6.07 Å². The van der Waals surface area contributed by atoms with Crippen LogP contribution >= 0.6 is 27.5 Å². The van der Waals surface area contributed by atoms with E-state index in [1.165, 1.54) is 0 Å². The van der Waals surface area contributed by atoms with Gasteiger partial charge >= 0.3 is 0 Å². The number of rotatable bonds is 2. The molecule has 1 aliphatic rings. The zero-order valence-corrected chi connectivity index (χ0v) is 11.2. The fourth-order valence-electron chi connectivity index (χ4n) is 2.05. The second kappa shape index (κ2) is 5.34. The number of aliphatic hydroxyl groups excluding tert-OH is 1. The van der Waals surface area contributed by atoms with Crippen molar-refractivity contribution in [2.24, 2.45) is 5.92 Å². The number of pyridine rings is 1. The summed E-state index contributed by atoms with van der Waals surface area (Å²) in [7, 11) is 0. The van der Waals surface area contributed by atoms with Gasteiger partial charge in [0.2, 0.25) is 0 Å². The van der Waals surface area contributed by atoms with Gasteiger partial charge in [-0.05, 0) is 40.8 Å². The van der Waals surface area contributed by atoms with Crippen molar-refractivity contribution < 1.29 is 5.11 Å². The summed E-state index contributed by atoms with van der Waals surface area (Å²) in [4.78, 5) is 6.49. The maximum absolute atomic E-state index is 9.18. The number of nitrogens with zero attached hydrogens (tertiary/aromatic N) is 2. The molecule has 1 fully saturated rings. The van der Waals surface area contributed by atoms with Gasteiger partial charge in [-0.3, -0.25) is 0 Å². The summed E-state index contributed by atoms with van der Waals surface area (Å²) in [6.07, 6.45) is 3.92. The van der Waals surface area contributed by atoms with Crippen molar-refractivity contribution in [3.63, 3.8) is 0 Å². The van der Waals surface area contributed by atoms with Crippen LogP contribution in [0.5, 0.6) is 0 Å². The van der Waals surface area contributed by atoms with Crippen molar-refractivity contribution in [1.82, 2.24) is 4.98 Å². The van der Waals surface area contributed by atoms with Crippen molar-refractivity contribution in [1.29, 1.82) is 0 Å². The Kier molecular flexibility index (Phi) is 4.05. The smallest absolute Gasteiger partial charge is 0.147 e. The van der Waals surface area contributed by atoms with Gasteiger partial charge in [0.1, 0.15) is 5.82 Å². The molecule has 1 unspecified atom stereocenters. The Labute approximate surface area is 109 Å². The number of hydrogen-bond donors (Lipinski definition) is 1. The van der Waals surface area contributed by atoms with Crippen LogP contribution in [0.15, 0.2) is 16.7 Å². The average molecular weight is 306 g/mol. The molecule has 0 spiro atoms. The summed E-state index contributed by atoms with van der Waals surface area (Å²) in [5.41, 5.74) is 0. The SMILES string of the molecule is OCC1CCCN(c2ncc(Br)cc2Cl)C1. The van der Waals surface area contributed by atoms with Crippen molar-refractivity contribution >= 4 is 33.3 Å². The molecule has 5 heteroatoms. The zero-order chi connectivity index (χ0) is 11.5. The Balaban J connectivity index is 2.16. The third-order valence-corrected chi connectivity index (χ3v) is 3.58. The summed E-state index contributed by atoms with van der Waals surface area (Å²) in [6.45, 7) is 2.04. The van der Waals surface area contributed by atoms with Crippen LogP contribution in [0.4, 0.5) is 5.82 Å². The summed E-state index contributed by atoms with van der Waals surface area (Å²) in [6, 6.07) is 1.85. The molecule has 0 radical (unpaired) electrons. The first-order valence-corrected chi connectivity index (χ1v) is 6.54. The van der Waals surface area contributed by atoms with Crippen molar-refractivity contribution in [2.75, 3.05) is 24.6 Å². The maximum atomic E-state index is 9.18. The molecule has 0 aromatic carbocycles. The van der Waals surface area contributed by atoms with E-state index < -0.39 is 0 Å². The minimum absolute atomic E-state index is 0.241. The first-order valence-electron chi connectivity index (χ1n) is 5.37. The van der Waals surface area contributed by atoms with Crippen molar-refractivity contribution in [2.45, 2.75) is 12.8 Å². The van der Waals surface area contributed by atoms with Gasteiger partial charge in [0.05, 0.1) is 5.02 Å². The molecule has 3 nitrogen and oxygen atoms in total. The van der Waals surface area contributed by atoms with E-state index in [1.54, 1.807) is 6.20 Å². The van der Waals surface area contributed by atoms with Crippen LogP contribution < -0.4 is 4.90 Å². The molecule has 88 valence electrons. The van der Waals surface area contributed by atoms with Gasteiger partial charge in [0.25, 0.3) is 0 Å². The van der Waals surface area contributed by atoms with Gasteiger partial charge in [0.15, 0.2) is 0 Å². The molecule has 1 aromatic heterocycles. The number of hydrogen-bond acceptors (Lipinski definition) is 3. The number of aliphatic hydroxyl groups is 1. The fourth-order valence-corrected chi connectivity index (χ4v) is 2.80. The van der Waals surface area contributed by atoms with Crippen LogP contribution in [0.3, 0.4) is 0 Å². The highest BCUT2D eigenvalue weighted by Gasteiger charge is 2.21. The monoisotopic (exact) mass is 304 g/mol. The minimum atomic E-state index is 0.241. The van der Waals surface area contributed by atoms with E-state index in [9.17, 15) is 5.11 Å². The Morgan fingerprint density at radius 3 is 3.12 bits per heavy atom. The molecule has 0 aliphatic carbocycles. The molecule has 1 aliphatic heterocycles. The molecule has 0 saturated carbocycles. The zero-order valence-electron chi connectivity index (χ0n) is 8.87. The molecule has 1 atom stereocenters. The second-order valence-electron chi connectivity index (χ2n) is 4.10. The van der Waals surface area contributed by atoms with Crippen LogP contribution in [-0.4, -0.2) is 29.8 Å². The van der Waals surface area contributed by atoms with Crippen LogP contribution in [0.1, 0.15) is 12.8 Å². The molecule has 1 aromatic rings. The molecule has 1 saturated heterocycles. The van der Waals surface area contributed by atoms with Gasteiger partial charge in [-0.15, -0.1) is 0 Å². The fraction of sp³-hybridized carbons (Fsp3) is 0.545. The lowest BCUT2D eigenvalue weighted by atomic mass is 9.99. The number of halogens is 2. The average Bonchev–Trinajstić information content (AvgIpc) is 2.29. The standard InChI is InChI=1S/C11H14BrClN2O/c12-9-4-10(13)11(14-5-9)15-3-1-2-8(6-15)7-16/h4-5,8,16H,1-3,6-7H2. The second-order valence-corrected chi connectivity index (χ2v) is 5.42. The number of aromatic nitrogens is 1. The summed E-state index contributed by atoms with van der Waals surface area (Å²) < 4.78 is 0.886. The Hall–Kier alpha value is -0.320. The molecule has 2 rings (SSSR count). The Morgan fingerprint density at radius 1 is 1.62 bits per heavy atom. The van der Waals surface area contributed by atoms with Crippen LogP contribution in [0, 0.1) is 5.92 Å². The summed E-state index contributed by atoms with van der Waals surface area (Å²) in [5.74, 6) is 1.17. The van der Waals surface area contributed by atoms with Gasteiger partial charge in [0, 0.05) is 30.4 Å². The van der Waals surface area contributed by atoms with E-state index in [0.29, 0.717) is 10.9 Å². The predicted molar refractivity (Wildman–Crippen MR) is 69.0 cm³/mol. The highest BCUT2D eigenvalue weighted by Crippen LogP contribution is 2.29. The van der Waals surface area contributed by atoms with E-state index in [4.69, 9.17) is 11.6 Å². The van der Waals surface area contributed by atoms with E-state index in [2.05, 4.69) is 25.8 Å². The van der Waals surface area contributed by atoms with Gasteiger partial charge in [-0.25, -0.2) is 4.98 Å². The summed E-state index contributed by atoms with van der Waals surface area (Å²) >= 11 is 9.50. The molecule has 16 heavy (non-hydrogen) atoms. The van der Waals surface area contributed by atoms with Crippen LogP contribution in [0.25, 0.3) is 0 Å². The lowest BCUT2D eigenvalue weighted by Crippen LogP contribution is -2.37. The van der Waals surface area contributed by atoms with Crippen LogP contribution in [-0.2, 0) is 0 Å². The molecular weight excluding hydrogens is 291 g/mol. The third-order valence-electron chi connectivity index (χ3n) is 2.87. The van der Waals surface area contributed by atoms with E-state index in [-0.39, 0.29) is 6.61 Å². The first kappa shape index (κ1) is 12.1. The highest BCUT2D eigenvalue weighted by molar-refractivity contribution is 9.10. The quantitative estimate of drug-likeness (QED) is 0.912. The summed E-state index contributed by atoms with van der Waals surface area (Å²) in [5, 5.41) is 9.84. The molecule has 0 bridgehead atoms. The topological polar surface area (TPSA) is 36.4 Å². The largest absolute Gasteiger partial charge is 0.396 e. The number of piperidine rings is 1. The minimum Gasteiger partial charge on any atom is -0.396 e. The third kappa shape index (κ3) is 2.67. The highest BCUT2D eigenvalue weighted by atomic mass is 79.9. The lowest BCUT2D eigenvalue weighted by Gasteiger charge is -2.33. The molecule has 2 heterocycles. The number of anilines is 1. The molecule has 0 amide bonds. The van der Waals surface area contributed by atoms with Crippen molar-refractivity contribution in [3.05, 3.63) is 21.8 Å². The Morgan fingerprint density at radius 2 is 2.44 bits per heavy atom. The van der Waals surface area contributed by atoms with Gasteiger partial charge in [-0.1, -0.05) is 11.6 Å². The van der Waals surface area contributed by atoms with Gasteiger partial charge < -0.3 is 10.0 Å². The normalized spacial score (nSPS) is 21.2. The predicted octanol–water partition coefficient (Wildman–Crippen LogP) is 2.71. The van der Waals surface area contributed by atoms with Crippen LogP contribution in [0.2, 0.25) is 5.02 Å². The van der Waals surface area contributed by atoms with E-state index in [0.717, 1.165) is 36.2 Å². The first-order chi connectivity index (χ1) is 7.70. The van der Waals surface area contributed by atoms with E-state index >= 15 is 0 Å². The molecular formula is C11H14BrClN2O. The van der Waals surface area contributed by atoms with Crippen molar-refractivity contribution in [3.8, 4) is 0 Å². The lowest BCUT2D eigenvalue weighted by molar-refractivity contribution is 0.208. The Bertz CT molecular complexity index is 375. The maximum Gasteiger partial charge on any atom is 0.147 e. The molecule has 1 N–H and O–H groups in total.